The van der Waals surface area contributed by atoms with Gasteiger partial charge in [0, 0.05) is 24.3 Å². The van der Waals surface area contributed by atoms with Crippen molar-refractivity contribution >= 4 is 21.4 Å². The normalized spacial score (nSPS) is 23.5. The Morgan fingerprint density at radius 1 is 1.38 bits per heavy atom. The van der Waals surface area contributed by atoms with E-state index in [9.17, 15) is 22.0 Å². The van der Waals surface area contributed by atoms with E-state index in [2.05, 4.69) is 14.8 Å². The second kappa shape index (κ2) is 6.57. The summed E-state index contributed by atoms with van der Waals surface area (Å²) in [5, 5.41) is 2.94. The van der Waals surface area contributed by atoms with Crippen LogP contribution in [0.15, 0.2) is 18.2 Å². The Labute approximate surface area is 150 Å². The molecule has 0 spiro atoms. The predicted octanol–water partition coefficient (Wildman–Crippen LogP) is 1.84. The first-order valence-corrected chi connectivity index (χ1v) is 10.1. The van der Waals surface area contributed by atoms with Crippen molar-refractivity contribution < 1.29 is 31.5 Å². The van der Waals surface area contributed by atoms with Crippen LogP contribution in [0.1, 0.15) is 20.3 Å². The number of ether oxygens (including phenoxy) is 2. The van der Waals surface area contributed by atoms with Crippen molar-refractivity contribution in [1.29, 1.82) is 0 Å². The van der Waals surface area contributed by atoms with Crippen LogP contribution < -0.4 is 14.8 Å². The van der Waals surface area contributed by atoms with E-state index in [0.29, 0.717) is 18.7 Å². The average molecular weight is 390 g/mol. The van der Waals surface area contributed by atoms with Gasteiger partial charge in [0.2, 0.25) is 5.91 Å². The molecule has 1 N–H and O–H groups in total. The third-order valence-electron chi connectivity index (χ3n) is 4.43. The van der Waals surface area contributed by atoms with E-state index in [-0.39, 0.29) is 35.0 Å². The number of fused-ring (bicyclic) bond motifs is 1. The lowest BCUT2D eigenvalue weighted by Gasteiger charge is -2.30. The van der Waals surface area contributed by atoms with Gasteiger partial charge in [0.05, 0.1) is 11.5 Å². The van der Waals surface area contributed by atoms with Gasteiger partial charge < -0.3 is 19.7 Å². The molecule has 1 amide bonds. The number of carbonyl (C=O) groups is 1. The molecule has 0 unspecified atom stereocenters. The summed E-state index contributed by atoms with van der Waals surface area (Å²) in [5.74, 6) is -0.393. The molecule has 10 heteroatoms. The first-order valence-electron chi connectivity index (χ1n) is 8.27. The zero-order valence-electron chi connectivity index (χ0n) is 14.4. The third kappa shape index (κ3) is 3.84. The number of alkyl halides is 2. The smallest absolute Gasteiger partial charge is 0.395 e. The summed E-state index contributed by atoms with van der Waals surface area (Å²) in [7, 11) is -3.10. The van der Waals surface area contributed by atoms with E-state index in [0.717, 1.165) is 0 Å². The number of hydrogen-bond donors (Lipinski definition) is 1. The number of hydrogen-bond acceptors (Lipinski definition) is 6. The van der Waals surface area contributed by atoms with Crippen LogP contribution in [-0.2, 0) is 14.6 Å². The predicted molar refractivity (Wildman–Crippen MR) is 90.2 cm³/mol. The van der Waals surface area contributed by atoms with Gasteiger partial charge in [0.1, 0.15) is 6.04 Å². The number of carbonyl (C=O) groups excluding carboxylic acids is 1. The first-order chi connectivity index (χ1) is 12.1. The van der Waals surface area contributed by atoms with Crippen LogP contribution in [0, 0.1) is 0 Å². The fourth-order valence-electron chi connectivity index (χ4n) is 3.21. The van der Waals surface area contributed by atoms with Gasteiger partial charge in [-0.1, -0.05) is 0 Å². The van der Waals surface area contributed by atoms with E-state index in [1.165, 1.54) is 18.2 Å². The van der Waals surface area contributed by atoms with Gasteiger partial charge in [0.25, 0.3) is 0 Å². The zero-order valence-corrected chi connectivity index (χ0v) is 15.2. The maximum Gasteiger partial charge on any atom is 0.586 e. The number of rotatable bonds is 5. The summed E-state index contributed by atoms with van der Waals surface area (Å²) in [6.45, 7) is 3.81. The van der Waals surface area contributed by atoms with E-state index < -0.39 is 22.2 Å². The van der Waals surface area contributed by atoms with Gasteiger partial charge in [-0.2, -0.15) is 0 Å². The van der Waals surface area contributed by atoms with Crippen LogP contribution in [0.25, 0.3) is 0 Å². The van der Waals surface area contributed by atoms with E-state index in [1.54, 1.807) is 18.7 Å². The number of nitrogens with zero attached hydrogens (tertiary/aromatic N) is 1. The van der Waals surface area contributed by atoms with Gasteiger partial charge in [-0.25, -0.2) is 8.42 Å². The molecule has 7 nitrogen and oxygen atoms in total. The van der Waals surface area contributed by atoms with E-state index in [1.807, 2.05) is 0 Å². The topological polar surface area (TPSA) is 84.9 Å². The quantitative estimate of drug-likeness (QED) is 0.826. The summed E-state index contributed by atoms with van der Waals surface area (Å²) in [5.41, 5.74) is 0.418. The fourth-order valence-corrected chi connectivity index (χ4v) is 4.95. The first kappa shape index (κ1) is 18.7. The minimum atomic E-state index is -3.70. The monoisotopic (exact) mass is 390 g/mol. The second-order valence-corrected chi connectivity index (χ2v) is 8.60. The molecule has 2 aliphatic heterocycles. The van der Waals surface area contributed by atoms with Crippen LogP contribution in [-0.4, -0.2) is 55.7 Å². The van der Waals surface area contributed by atoms with Crippen molar-refractivity contribution in [1.82, 2.24) is 4.90 Å². The zero-order chi connectivity index (χ0) is 19.1. The summed E-state index contributed by atoms with van der Waals surface area (Å²) < 4.78 is 58.2. The number of likely N-dealkylation sites (N-methyl/N-ethyl adjacent to an activating group) is 1. The molecule has 0 aromatic heterocycles. The molecule has 1 aromatic rings. The maximum absolute atomic E-state index is 13.1. The van der Waals surface area contributed by atoms with Crippen molar-refractivity contribution in [3.63, 3.8) is 0 Å². The standard InChI is InChI=1S/C16H20F2N2O5S/c1-3-20(12-6-7-26(22,23)9-12)15(21)10(2)19-11-4-5-13-14(8-11)25-16(17,18)24-13/h4-5,8,10,12,19H,3,6-7,9H2,1-2H3/t10-,12-/m0/s1. The Hall–Kier alpha value is -2.10. The summed E-state index contributed by atoms with van der Waals surface area (Å²) in [4.78, 5) is 14.3. The largest absolute Gasteiger partial charge is 0.586 e. The third-order valence-corrected chi connectivity index (χ3v) is 6.18. The molecule has 0 radical (unpaired) electrons. The molecule has 0 aliphatic carbocycles. The Morgan fingerprint density at radius 3 is 2.69 bits per heavy atom. The Morgan fingerprint density at radius 2 is 2.08 bits per heavy atom. The number of sulfone groups is 1. The van der Waals surface area contributed by atoms with Crippen molar-refractivity contribution in [2.75, 3.05) is 23.4 Å². The highest BCUT2D eigenvalue weighted by molar-refractivity contribution is 7.91. The molecule has 1 saturated heterocycles. The van der Waals surface area contributed by atoms with Crippen molar-refractivity contribution in [3.05, 3.63) is 18.2 Å². The maximum atomic E-state index is 13.1. The molecule has 144 valence electrons. The SMILES string of the molecule is CCN(C(=O)[C@H](C)Nc1ccc2c(c1)OC(F)(F)O2)[C@H]1CCS(=O)(=O)C1. The highest BCUT2D eigenvalue weighted by Gasteiger charge is 2.43. The molecule has 1 fully saturated rings. The van der Waals surface area contributed by atoms with Gasteiger partial charge in [0.15, 0.2) is 21.3 Å². The second-order valence-electron chi connectivity index (χ2n) is 6.38. The van der Waals surface area contributed by atoms with Gasteiger partial charge in [-0.3, -0.25) is 4.79 Å². The molecule has 0 bridgehead atoms. The molecule has 2 aliphatic rings. The highest BCUT2D eigenvalue weighted by Crippen LogP contribution is 2.42. The molecular formula is C16H20F2N2O5S. The minimum Gasteiger partial charge on any atom is -0.395 e. The lowest BCUT2D eigenvalue weighted by molar-refractivity contribution is -0.286. The lowest BCUT2D eigenvalue weighted by Crippen LogP contribution is -2.47. The number of anilines is 1. The highest BCUT2D eigenvalue weighted by atomic mass is 32.2. The van der Waals surface area contributed by atoms with Gasteiger partial charge >= 0.3 is 6.29 Å². The Balaban J connectivity index is 1.68. The van der Waals surface area contributed by atoms with Crippen molar-refractivity contribution in [2.24, 2.45) is 0 Å². The minimum absolute atomic E-state index is 0.0294. The summed E-state index contributed by atoms with van der Waals surface area (Å²) >= 11 is 0. The molecule has 3 rings (SSSR count). The van der Waals surface area contributed by atoms with Crippen LogP contribution in [0.4, 0.5) is 14.5 Å². The van der Waals surface area contributed by atoms with E-state index in [4.69, 9.17) is 0 Å². The molecule has 26 heavy (non-hydrogen) atoms. The molecule has 1 aromatic carbocycles. The number of benzene rings is 1. The molecular weight excluding hydrogens is 370 g/mol. The van der Waals surface area contributed by atoms with Crippen LogP contribution >= 0.6 is 0 Å². The molecule has 2 atom stereocenters. The van der Waals surface area contributed by atoms with Crippen LogP contribution in [0.3, 0.4) is 0 Å². The molecule has 2 heterocycles. The molecule has 0 saturated carbocycles. The lowest BCUT2D eigenvalue weighted by atomic mass is 10.1. The van der Waals surface area contributed by atoms with Crippen LogP contribution in [0.5, 0.6) is 11.5 Å². The van der Waals surface area contributed by atoms with Gasteiger partial charge in [-0.05, 0) is 32.4 Å². The fraction of sp³-hybridized carbons (Fsp3) is 0.562. The summed E-state index contributed by atoms with van der Waals surface area (Å²) in [6.07, 6.45) is -3.27. The van der Waals surface area contributed by atoms with E-state index >= 15 is 0 Å². The number of amides is 1. The summed E-state index contributed by atoms with van der Waals surface area (Å²) in [6, 6.07) is 3.16. The number of halogens is 2. The average Bonchev–Trinajstić information content (AvgIpc) is 3.04. The van der Waals surface area contributed by atoms with Crippen molar-refractivity contribution in [3.8, 4) is 11.5 Å². The van der Waals surface area contributed by atoms with Gasteiger partial charge in [-0.15, -0.1) is 8.78 Å². The number of nitrogens with one attached hydrogen (secondary N) is 1. The Bertz CT molecular complexity index is 815. The Kier molecular flexibility index (Phi) is 4.72. The van der Waals surface area contributed by atoms with Crippen LogP contribution in [0.2, 0.25) is 0 Å². The van der Waals surface area contributed by atoms with Crippen molar-refractivity contribution in [2.45, 2.75) is 38.6 Å².